The van der Waals surface area contributed by atoms with E-state index < -0.39 is 5.97 Å². The standard InChI is InChI=1S/C24H28N2O4/c1-5-15(2)13-25-23(27)17-8-9-21-20(11-17)19(14-26(21)3)10-16-6-7-18(24(28)29)12-22(16)30-4/h6-9,11-12,14-15H,5,10,13H2,1-4H3,(H,25,27)(H,28,29). The number of aryl methyl sites for hydroxylation is 1. The second kappa shape index (κ2) is 9.03. The Morgan fingerprint density at radius 1 is 1.13 bits per heavy atom. The van der Waals surface area contributed by atoms with Crippen LogP contribution in [0.3, 0.4) is 0 Å². The summed E-state index contributed by atoms with van der Waals surface area (Å²) in [5.74, 6) is -0.0889. The van der Waals surface area contributed by atoms with Gasteiger partial charge in [0.1, 0.15) is 5.75 Å². The molecule has 0 spiro atoms. The van der Waals surface area contributed by atoms with Gasteiger partial charge >= 0.3 is 5.97 Å². The zero-order chi connectivity index (χ0) is 21.8. The molecule has 0 fully saturated rings. The molecule has 1 heterocycles. The third-order valence-electron chi connectivity index (χ3n) is 5.56. The Morgan fingerprint density at radius 2 is 1.87 bits per heavy atom. The Labute approximate surface area is 176 Å². The number of methoxy groups -OCH3 is 1. The van der Waals surface area contributed by atoms with Crippen LogP contribution >= 0.6 is 0 Å². The average molecular weight is 408 g/mol. The number of carbonyl (C=O) groups is 2. The number of aromatic carboxylic acids is 1. The van der Waals surface area contributed by atoms with Gasteiger partial charge in [-0.1, -0.05) is 26.3 Å². The van der Waals surface area contributed by atoms with Crippen LogP contribution in [0, 0.1) is 5.92 Å². The van der Waals surface area contributed by atoms with Gasteiger partial charge in [0.2, 0.25) is 0 Å². The van der Waals surface area contributed by atoms with E-state index in [2.05, 4.69) is 19.2 Å². The first-order valence-corrected chi connectivity index (χ1v) is 10.1. The number of ether oxygens (including phenoxy) is 1. The van der Waals surface area contributed by atoms with Crippen molar-refractivity contribution in [3.05, 3.63) is 64.8 Å². The van der Waals surface area contributed by atoms with Gasteiger partial charge in [-0.15, -0.1) is 0 Å². The number of carboxylic acid groups (broad SMARTS) is 1. The van der Waals surface area contributed by atoms with Crippen molar-refractivity contribution in [1.82, 2.24) is 9.88 Å². The number of hydrogen-bond acceptors (Lipinski definition) is 3. The van der Waals surface area contributed by atoms with Gasteiger partial charge in [0.25, 0.3) is 5.91 Å². The number of fused-ring (bicyclic) bond motifs is 1. The molecule has 0 aliphatic carbocycles. The molecule has 6 nitrogen and oxygen atoms in total. The normalized spacial score (nSPS) is 12.0. The number of carbonyl (C=O) groups excluding carboxylic acids is 1. The Hall–Kier alpha value is -3.28. The highest BCUT2D eigenvalue weighted by Gasteiger charge is 2.15. The fourth-order valence-corrected chi connectivity index (χ4v) is 3.50. The molecule has 2 N–H and O–H groups in total. The molecule has 1 unspecified atom stereocenters. The number of amides is 1. The van der Waals surface area contributed by atoms with Crippen LogP contribution < -0.4 is 10.1 Å². The topological polar surface area (TPSA) is 80.6 Å². The quantitative estimate of drug-likeness (QED) is 0.584. The highest BCUT2D eigenvalue weighted by atomic mass is 16.5. The Morgan fingerprint density at radius 3 is 2.53 bits per heavy atom. The number of benzene rings is 2. The summed E-state index contributed by atoms with van der Waals surface area (Å²) >= 11 is 0. The lowest BCUT2D eigenvalue weighted by Gasteiger charge is -2.11. The Kier molecular flexibility index (Phi) is 6.45. The fourth-order valence-electron chi connectivity index (χ4n) is 3.50. The molecule has 6 heteroatoms. The number of aromatic nitrogens is 1. The van der Waals surface area contributed by atoms with Crippen molar-refractivity contribution in [2.75, 3.05) is 13.7 Å². The average Bonchev–Trinajstić information content (AvgIpc) is 3.06. The first-order chi connectivity index (χ1) is 14.3. The van der Waals surface area contributed by atoms with E-state index in [0.717, 1.165) is 28.5 Å². The minimum Gasteiger partial charge on any atom is -0.496 e. The van der Waals surface area contributed by atoms with Gasteiger partial charge in [-0.05, 0) is 47.4 Å². The highest BCUT2D eigenvalue weighted by Crippen LogP contribution is 2.28. The number of carboxylic acids is 1. The van der Waals surface area contributed by atoms with E-state index in [4.69, 9.17) is 4.74 Å². The second-order valence-corrected chi connectivity index (χ2v) is 7.73. The van der Waals surface area contributed by atoms with Gasteiger partial charge in [-0.3, -0.25) is 4.79 Å². The molecule has 1 aromatic heterocycles. The van der Waals surface area contributed by atoms with Crippen LogP contribution in [-0.2, 0) is 13.5 Å². The monoisotopic (exact) mass is 408 g/mol. The summed E-state index contributed by atoms with van der Waals surface area (Å²) < 4.78 is 7.45. The molecule has 2 aromatic carbocycles. The predicted molar refractivity (Wildman–Crippen MR) is 117 cm³/mol. The number of hydrogen-bond donors (Lipinski definition) is 2. The summed E-state index contributed by atoms with van der Waals surface area (Å²) in [5, 5.41) is 13.2. The lowest BCUT2D eigenvalue weighted by molar-refractivity contribution is 0.0696. The van der Waals surface area contributed by atoms with Gasteiger partial charge in [0.05, 0.1) is 12.7 Å². The minimum atomic E-state index is -0.988. The Balaban J connectivity index is 1.93. The molecule has 0 saturated heterocycles. The summed E-state index contributed by atoms with van der Waals surface area (Å²) in [6.07, 6.45) is 3.62. The molecule has 1 atom stereocenters. The zero-order valence-electron chi connectivity index (χ0n) is 17.9. The molecule has 3 aromatic rings. The maximum atomic E-state index is 12.6. The number of rotatable bonds is 8. The third kappa shape index (κ3) is 4.48. The largest absolute Gasteiger partial charge is 0.496 e. The van der Waals surface area contributed by atoms with Crippen molar-refractivity contribution >= 4 is 22.8 Å². The number of nitrogens with one attached hydrogen (secondary N) is 1. The van der Waals surface area contributed by atoms with Crippen LogP contribution in [0.25, 0.3) is 10.9 Å². The van der Waals surface area contributed by atoms with E-state index in [0.29, 0.717) is 30.2 Å². The van der Waals surface area contributed by atoms with Gasteiger partial charge < -0.3 is 19.7 Å². The van der Waals surface area contributed by atoms with Crippen LogP contribution in [0.1, 0.15) is 52.1 Å². The van der Waals surface area contributed by atoms with Crippen molar-refractivity contribution in [1.29, 1.82) is 0 Å². The fraction of sp³-hybridized carbons (Fsp3) is 0.333. The van der Waals surface area contributed by atoms with Gasteiger partial charge in [-0.2, -0.15) is 0 Å². The molecule has 30 heavy (non-hydrogen) atoms. The van der Waals surface area contributed by atoms with E-state index in [1.807, 2.05) is 36.0 Å². The van der Waals surface area contributed by atoms with E-state index in [1.54, 1.807) is 12.1 Å². The van der Waals surface area contributed by atoms with E-state index in [-0.39, 0.29) is 11.5 Å². The summed E-state index contributed by atoms with van der Waals surface area (Å²) in [6, 6.07) is 10.6. The summed E-state index contributed by atoms with van der Waals surface area (Å²) in [5.41, 5.74) is 3.79. The van der Waals surface area contributed by atoms with Crippen LogP contribution in [0.15, 0.2) is 42.6 Å². The smallest absolute Gasteiger partial charge is 0.335 e. The highest BCUT2D eigenvalue weighted by molar-refractivity contribution is 5.99. The van der Waals surface area contributed by atoms with Crippen molar-refractivity contribution in [3.8, 4) is 5.75 Å². The molecule has 158 valence electrons. The summed E-state index contributed by atoms with van der Waals surface area (Å²) in [7, 11) is 3.51. The van der Waals surface area contributed by atoms with Crippen LogP contribution in [0.5, 0.6) is 5.75 Å². The lowest BCUT2D eigenvalue weighted by Crippen LogP contribution is -2.28. The first-order valence-electron chi connectivity index (χ1n) is 10.1. The molecule has 0 aliphatic heterocycles. The molecule has 1 amide bonds. The molecule has 0 bridgehead atoms. The summed E-state index contributed by atoms with van der Waals surface area (Å²) in [6.45, 7) is 4.88. The molecule has 0 aliphatic rings. The SMILES string of the molecule is CCC(C)CNC(=O)c1ccc2c(c1)c(Cc1ccc(C(=O)O)cc1OC)cn2C. The predicted octanol–water partition coefficient (Wildman–Crippen LogP) is 4.25. The lowest BCUT2D eigenvalue weighted by atomic mass is 10.0. The third-order valence-corrected chi connectivity index (χ3v) is 5.56. The Bertz CT molecular complexity index is 1080. The van der Waals surface area contributed by atoms with Crippen LogP contribution in [0.2, 0.25) is 0 Å². The van der Waals surface area contributed by atoms with Gasteiger partial charge in [0.15, 0.2) is 0 Å². The van der Waals surface area contributed by atoms with E-state index in [1.165, 1.54) is 13.2 Å². The van der Waals surface area contributed by atoms with Crippen molar-refractivity contribution < 1.29 is 19.4 Å². The van der Waals surface area contributed by atoms with E-state index in [9.17, 15) is 14.7 Å². The maximum absolute atomic E-state index is 12.6. The van der Waals surface area contributed by atoms with Crippen LogP contribution in [0.4, 0.5) is 0 Å². The number of nitrogens with zero attached hydrogens (tertiary/aromatic N) is 1. The van der Waals surface area contributed by atoms with Crippen molar-refractivity contribution in [3.63, 3.8) is 0 Å². The molecular weight excluding hydrogens is 380 g/mol. The summed E-state index contributed by atoms with van der Waals surface area (Å²) in [4.78, 5) is 23.8. The molecule has 0 radical (unpaired) electrons. The van der Waals surface area contributed by atoms with Crippen molar-refractivity contribution in [2.24, 2.45) is 13.0 Å². The molecule has 0 saturated carbocycles. The zero-order valence-corrected chi connectivity index (χ0v) is 17.9. The minimum absolute atomic E-state index is 0.0737. The maximum Gasteiger partial charge on any atom is 0.335 e. The van der Waals surface area contributed by atoms with Crippen molar-refractivity contribution in [2.45, 2.75) is 26.7 Å². The van der Waals surface area contributed by atoms with Gasteiger partial charge in [0, 0.05) is 42.7 Å². The van der Waals surface area contributed by atoms with Gasteiger partial charge in [-0.25, -0.2) is 4.79 Å². The first kappa shape index (κ1) is 21.4. The van der Waals surface area contributed by atoms with E-state index >= 15 is 0 Å². The van der Waals surface area contributed by atoms with Crippen LogP contribution in [-0.4, -0.2) is 35.2 Å². The molecule has 3 rings (SSSR count). The second-order valence-electron chi connectivity index (χ2n) is 7.73. The molecular formula is C24H28N2O4.